The number of sulfonamides is 1. The van der Waals surface area contributed by atoms with E-state index in [2.05, 4.69) is 20.3 Å². The van der Waals surface area contributed by atoms with Gasteiger partial charge in [0.15, 0.2) is 9.84 Å². The summed E-state index contributed by atoms with van der Waals surface area (Å²) in [6.45, 7) is 5.71. The number of aliphatic hydroxyl groups excluding tert-OH is 1. The molecule has 1 heterocycles. The Kier molecular flexibility index (Phi) is 12.6. The number of amides is 2. The minimum Gasteiger partial charge on any atom is -0.391 e. The highest BCUT2D eigenvalue weighted by atomic mass is 32.2. The van der Waals surface area contributed by atoms with Crippen molar-refractivity contribution in [1.82, 2.24) is 20.3 Å². The monoisotopic (exact) mass is 716 g/mol. The summed E-state index contributed by atoms with van der Waals surface area (Å²) in [5, 5.41) is 18.1. The second kappa shape index (κ2) is 16.1. The number of aromatic nitrogens is 1. The molecule has 0 aliphatic heterocycles. The predicted octanol–water partition coefficient (Wildman–Crippen LogP) is 2.75. The van der Waals surface area contributed by atoms with E-state index >= 15 is 0 Å². The zero-order valence-electron chi connectivity index (χ0n) is 28.6. The summed E-state index contributed by atoms with van der Waals surface area (Å²) in [5.74, 6) is -2.60. The molecule has 49 heavy (non-hydrogen) atoms. The SMILES string of the molecule is COC1CCC(C(=O)NC(C)(C)C)C(C[C@@H](O)[C@H](Cc2ccccc2)NC(=O)[C@@H](CS(=O)(=O)c2cccc3cccnc23)NS(C)(=O)=O)C1. The van der Waals surface area contributed by atoms with E-state index in [4.69, 9.17) is 4.74 Å². The van der Waals surface area contributed by atoms with Crippen LogP contribution in [-0.4, -0.2) is 87.7 Å². The second-order valence-corrected chi connectivity index (χ2v) is 17.7. The number of hydrogen-bond donors (Lipinski definition) is 4. The number of rotatable bonds is 14. The highest BCUT2D eigenvalue weighted by molar-refractivity contribution is 7.92. The van der Waals surface area contributed by atoms with Crippen LogP contribution in [0, 0.1) is 11.8 Å². The van der Waals surface area contributed by atoms with Crippen LogP contribution in [0.2, 0.25) is 0 Å². The van der Waals surface area contributed by atoms with Gasteiger partial charge in [0.2, 0.25) is 21.8 Å². The number of benzene rings is 2. The molecule has 3 unspecified atom stereocenters. The maximum absolute atomic E-state index is 13.9. The Morgan fingerprint density at radius 1 is 1.00 bits per heavy atom. The van der Waals surface area contributed by atoms with Crippen molar-refractivity contribution in [3.8, 4) is 0 Å². The molecule has 0 saturated heterocycles. The summed E-state index contributed by atoms with van der Waals surface area (Å²) in [4.78, 5) is 31.3. The number of fused-ring (bicyclic) bond motifs is 1. The Hall–Kier alpha value is -3.43. The Bertz CT molecular complexity index is 1810. The lowest BCUT2D eigenvalue weighted by Crippen LogP contribution is -2.55. The number of carbonyl (C=O) groups excluding carboxylic acids is 2. The summed E-state index contributed by atoms with van der Waals surface area (Å²) in [6.07, 6.45) is 3.11. The topological polar surface area (TPSA) is 181 Å². The van der Waals surface area contributed by atoms with Crippen molar-refractivity contribution in [2.45, 2.75) is 87.6 Å². The van der Waals surface area contributed by atoms with E-state index in [1.54, 1.807) is 31.4 Å². The van der Waals surface area contributed by atoms with Gasteiger partial charge < -0.3 is 20.5 Å². The molecule has 268 valence electrons. The van der Waals surface area contributed by atoms with Gasteiger partial charge in [0.05, 0.1) is 40.7 Å². The maximum Gasteiger partial charge on any atom is 0.239 e. The van der Waals surface area contributed by atoms with Gasteiger partial charge in [0.1, 0.15) is 6.04 Å². The molecule has 1 aromatic heterocycles. The normalized spacial score (nSPS) is 20.7. The summed E-state index contributed by atoms with van der Waals surface area (Å²) < 4.78 is 60.1. The highest BCUT2D eigenvalue weighted by Crippen LogP contribution is 2.36. The zero-order chi connectivity index (χ0) is 36.0. The number of carbonyl (C=O) groups is 2. The molecule has 0 spiro atoms. The van der Waals surface area contributed by atoms with E-state index in [-0.39, 0.29) is 41.2 Å². The first-order chi connectivity index (χ1) is 23.0. The third-order valence-electron chi connectivity index (χ3n) is 8.73. The number of ether oxygens (including phenoxy) is 1. The standard InChI is InChI=1S/C35H48N4O8S2/c1-35(2,3)38-33(41)27-17-16-26(47-4)20-25(27)21-30(40)28(19-23-11-7-6-8-12-23)37-34(42)29(39-48(5,43)44)22-49(45,46)31-15-9-13-24-14-10-18-36-32(24)31/h6-15,18,25-30,39-40H,16-17,19-22H2,1-5H3,(H,37,42)(H,38,41)/t25?,26?,27?,28-,29+,30+/m0/s1. The summed E-state index contributed by atoms with van der Waals surface area (Å²) in [5.41, 5.74) is 0.536. The Labute approximate surface area is 289 Å². The molecule has 2 aromatic carbocycles. The largest absolute Gasteiger partial charge is 0.391 e. The van der Waals surface area contributed by atoms with Crippen LogP contribution in [0.25, 0.3) is 10.9 Å². The van der Waals surface area contributed by atoms with Crippen molar-refractivity contribution in [3.05, 3.63) is 72.4 Å². The molecule has 12 nitrogen and oxygen atoms in total. The van der Waals surface area contributed by atoms with Crippen LogP contribution >= 0.6 is 0 Å². The van der Waals surface area contributed by atoms with Crippen molar-refractivity contribution in [1.29, 1.82) is 0 Å². The van der Waals surface area contributed by atoms with Crippen LogP contribution in [0.3, 0.4) is 0 Å². The number of nitrogens with one attached hydrogen (secondary N) is 3. The van der Waals surface area contributed by atoms with E-state index in [1.807, 2.05) is 51.1 Å². The van der Waals surface area contributed by atoms with Gasteiger partial charge in [-0.1, -0.05) is 48.5 Å². The van der Waals surface area contributed by atoms with Gasteiger partial charge in [-0.2, -0.15) is 0 Å². The third-order valence-corrected chi connectivity index (χ3v) is 11.2. The quantitative estimate of drug-likeness (QED) is 0.195. The lowest BCUT2D eigenvalue weighted by atomic mass is 9.73. The van der Waals surface area contributed by atoms with E-state index in [9.17, 15) is 31.5 Å². The molecule has 6 atom stereocenters. The highest BCUT2D eigenvalue weighted by Gasteiger charge is 2.39. The molecule has 0 radical (unpaired) electrons. The Morgan fingerprint density at radius 3 is 2.35 bits per heavy atom. The molecular weight excluding hydrogens is 669 g/mol. The number of sulfone groups is 1. The lowest BCUT2D eigenvalue weighted by Gasteiger charge is -2.38. The van der Waals surface area contributed by atoms with Crippen LogP contribution in [0.1, 0.15) is 52.0 Å². The number of pyridine rings is 1. The van der Waals surface area contributed by atoms with Gasteiger partial charge in [-0.3, -0.25) is 14.6 Å². The summed E-state index contributed by atoms with van der Waals surface area (Å²) in [7, 11) is -6.69. The lowest BCUT2D eigenvalue weighted by molar-refractivity contribution is -0.132. The van der Waals surface area contributed by atoms with E-state index in [0.29, 0.717) is 24.6 Å². The molecular formula is C35H48N4O8S2. The first-order valence-electron chi connectivity index (χ1n) is 16.4. The maximum atomic E-state index is 13.9. The minimum absolute atomic E-state index is 0.102. The zero-order valence-corrected chi connectivity index (χ0v) is 30.3. The van der Waals surface area contributed by atoms with Crippen molar-refractivity contribution >= 4 is 42.6 Å². The van der Waals surface area contributed by atoms with Gasteiger partial charge in [0, 0.05) is 30.1 Å². The first kappa shape index (κ1) is 38.4. The van der Waals surface area contributed by atoms with Gasteiger partial charge in [-0.25, -0.2) is 21.6 Å². The molecule has 3 aromatic rings. The molecule has 1 saturated carbocycles. The molecule has 14 heteroatoms. The number of para-hydroxylation sites is 1. The van der Waals surface area contributed by atoms with Crippen molar-refractivity contribution < 1.29 is 36.3 Å². The molecule has 1 aliphatic rings. The van der Waals surface area contributed by atoms with Gasteiger partial charge >= 0.3 is 0 Å². The Morgan fingerprint density at radius 2 is 1.69 bits per heavy atom. The number of nitrogens with zero attached hydrogens (tertiary/aromatic N) is 1. The number of methoxy groups -OCH3 is 1. The molecule has 4 rings (SSSR count). The molecule has 0 bridgehead atoms. The molecule has 1 aliphatic carbocycles. The van der Waals surface area contributed by atoms with Crippen molar-refractivity contribution in [2.24, 2.45) is 11.8 Å². The summed E-state index contributed by atoms with van der Waals surface area (Å²) >= 11 is 0. The fourth-order valence-corrected chi connectivity index (χ4v) is 8.89. The number of hydrogen-bond acceptors (Lipinski definition) is 9. The first-order valence-corrected chi connectivity index (χ1v) is 19.9. The van der Waals surface area contributed by atoms with Crippen molar-refractivity contribution in [3.63, 3.8) is 0 Å². The van der Waals surface area contributed by atoms with E-state index in [1.165, 1.54) is 12.3 Å². The van der Waals surface area contributed by atoms with Crippen LogP contribution in [0.15, 0.2) is 71.8 Å². The fraction of sp³-hybridized carbons (Fsp3) is 0.514. The third kappa shape index (κ3) is 11.0. The van der Waals surface area contributed by atoms with E-state index < -0.39 is 61.2 Å². The average Bonchev–Trinajstić information content (AvgIpc) is 3.02. The van der Waals surface area contributed by atoms with Crippen molar-refractivity contribution in [2.75, 3.05) is 19.1 Å². The number of aliphatic hydroxyl groups is 1. The van der Waals surface area contributed by atoms with Crippen LogP contribution in [-0.2, 0) is 40.6 Å². The van der Waals surface area contributed by atoms with Crippen LogP contribution < -0.4 is 15.4 Å². The van der Waals surface area contributed by atoms with Crippen LogP contribution in [0.4, 0.5) is 0 Å². The van der Waals surface area contributed by atoms with Gasteiger partial charge in [0.25, 0.3) is 0 Å². The molecule has 2 amide bonds. The van der Waals surface area contributed by atoms with E-state index in [0.717, 1.165) is 11.8 Å². The minimum atomic E-state index is -4.25. The summed E-state index contributed by atoms with van der Waals surface area (Å²) in [6, 6.07) is 14.4. The Balaban J connectivity index is 1.63. The average molecular weight is 717 g/mol. The molecule has 1 fully saturated rings. The predicted molar refractivity (Wildman–Crippen MR) is 188 cm³/mol. The fourth-order valence-electron chi connectivity index (χ4n) is 6.47. The van der Waals surface area contributed by atoms with Gasteiger partial charge in [-0.05, 0) is 76.5 Å². The second-order valence-electron chi connectivity index (χ2n) is 13.9. The van der Waals surface area contributed by atoms with Crippen LogP contribution in [0.5, 0.6) is 0 Å². The molecule has 4 N–H and O–H groups in total. The van der Waals surface area contributed by atoms with Gasteiger partial charge in [-0.15, -0.1) is 0 Å². The smallest absolute Gasteiger partial charge is 0.239 e.